The van der Waals surface area contributed by atoms with Crippen molar-refractivity contribution in [2.45, 2.75) is 13.3 Å². The minimum atomic E-state index is 0.515. The smallest absolute Gasteiger partial charge is 0.254 e. The number of aryl methyl sites for hydroxylation is 1. The van der Waals surface area contributed by atoms with E-state index in [4.69, 9.17) is 5.73 Å². The fourth-order valence-electron chi connectivity index (χ4n) is 1.94. The topological polar surface area (TPSA) is 69.1 Å². The van der Waals surface area contributed by atoms with Crippen molar-refractivity contribution >= 4 is 11.6 Å². The van der Waals surface area contributed by atoms with Crippen LogP contribution in [-0.4, -0.2) is 19.6 Å². The van der Waals surface area contributed by atoms with Crippen molar-refractivity contribution in [2.24, 2.45) is 0 Å². The summed E-state index contributed by atoms with van der Waals surface area (Å²) in [5.74, 6) is 1.07. The van der Waals surface area contributed by atoms with E-state index in [-0.39, 0.29) is 0 Å². The van der Waals surface area contributed by atoms with Crippen LogP contribution in [0.2, 0.25) is 0 Å². The second kappa shape index (κ2) is 4.10. The number of hydrogen-bond donors (Lipinski definition) is 1. The van der Waals surface area contributed by atoms with Crippen LogP contribution in [0.1, 0.15) is 12.5 Å². The number of nitrogens with zero attached hydrogens (tertiary/aromatic N) is 4. The van der Waals surface area contributed by atoms with E-state index in [0.29, 0.717) is 11.6 Å². The average molecular weight is 239 g/mol. The summed E-state index contributed by atoms with van der Waals surface area (Å²) in [4.78, 5) is 8.23. The minimum absolute atomic E-state index is 0.515. The fourth-order valence-corrected chi connectivity index (χ4v) is 1.94. The van der Waals surface area contributed by atoms with Crippen molar-refractivity contribution in [3.05, 3.63) is 42.4 Å². The van der Waals surface area contributed by atoms with Crippen molar-refractivity contribution < 1.29 is 0 Å². The second-order valence-corrected chi connectivity index (χ2v) is 4.08. The normalized spacial score (nSPS) is 10.9. The number of rotatable bonds is 2. The molecule has 5 nitrogen and oxygen atoms in total. The number of nitrogen functional groups attached to an aromatic ring is 1. The van der Waals surface area contributed by atoms with E-state index >= 15 is 0 Å². The highest BCUT2D eigenvalue weighted by Crippen LogP contribution is 2.25. The van der Waals surface area contributed by atoms with Crippen LogP contribution in [-0.2, 0) is 6.42 Å². The molecule has 0 aliphatic carbocycles. The molecule has 0 saturated heterocycles. The van der Waals surface area contributed by atoms with Crippen LogP contribution >= 0.6 is 0 Å². The molecule has 0 radical (unpaired) electrons. The predicted molar refractivity (Wildman–Crippen MR) is 70.0 cm³/mol. The Hall–Kier alpha value is -2.43. The van der Waals surface area contributed by atoms with E-state index in [1.54, 1.807) is 10.7 Å². The van der Waals surface area contributed by atoms with Crippen LogP contribution in [0.15, 0.2) is 36.8 Å². The number of hydrogen-bond acceptors (Lipinski definition) is 4. The summed E-state index contributed by atoms with van der Waals surface area (Å²) in [5, 5.41) is 4.06. The van der Waals surface area contributed by atoms with Gasteiger partial charge < -0.3 is 5.73 Å². The average Bonchev–Trinajstić information content (AvgIpc) is 2.89. The first kappa shape index (κ1) is 10.7. The Morgan fingerprint density at radius 3 is 2.67 bits per heavy atom. The molecule has 18 heavy (non-hydrogen) atoms. The van der Waals surface area contributed by atoms with Gasteiger partial charge in [0.25, 0.3) is 5.78 Å². The van der Waals surface area contributed by atoms with Gasteiger partial charge in [0.05, 0.1) is 0 Å². The Labute approximate surface area is 104 Å². The van der Waals surface area contributed by atoms with Crippen LogP contribution in [0.3, 0.4) is 0 Å². The summed E-state index contributed by atoms with van der Waals surface area (Å²) < 4.78 is 1.54. The lowest BCUT2D eigenvalue weighted by Crippen LogP contribution is -2.02. The molecular weight excluding hydrogens is 226 g/mol. The lowest BCUT2D eigenvalue weighted by Gasteiger charge is -2.07. The van der Waals surface area contributed by atoms with E-state index in [1.807, 2.05) is 0 Å². The molecule has 2 heterocycles. The number of aromatic nitrogens is 4. The Morgan fingerprint density at radius 1 is 1.17 bits per heavy atom. The highest BCUT2D eigenvalue weighted by molar-refractivity contribution is 5.74. The number of benzene rings is 1. The molecule has 3 rings (SSSR count). The molecule has 0 aliphatic rings. The van der Waals surface area contributed by atoms with Gasteiger partial charge in [0.2, 0.25) is 0 Å². The van der Waals surface area contributed by atoms with Crippen molar-refractivity contribution in [3.8, 4) is 11.1 Å². The Bertz CT molecular complexity index is 684. The van der Waals surface area contributed by atoms with Gasteiger partial charge in [-0.05, 0) is 17.5 Å². The van der Waals surface area contributed by atoms with Gasteiger partial charge in [-0.15, -0.1) is 0 Å². The van der Waals surface area contributed by atoms with E-state index in [9.17, 15) is 0 Å². The maximum atomic E-state index is 6.09. The zero-order valence-electron chi connectivity index (χ0n) is 10.0. The van der Waals surface area contributed by atoms with Gasteiger partial charge in [-0.1, -0.05) is 31.2 Å². The molecule has 0 unspecified atom stereocenters. The van der Waals surface area contributed by atoms with Crippen LogP contribution in [0.5, 0.6) is 0 Å². The first-order valence-corrected chi connectivity index (χ1v) is 5.83. The van der Waals surface area contributed by atoms with Gasteiger partial charge in [0, 0.05) is 11.8 Å². The highest BCUT2D eigenvalue weighted by Gasteiger charge is 2.08. The molecule has 5 heteroatoms. The Balaban J connectivity index is 2.15. The molecule has 2 aromatic heterocycles. The SMILES string of the molecule is CCc1ccc(-c2cnc3ncnn3c2N)cc1. The summed E-state index contributed by atoms with van der Waals surface area (Å²) in [7, 11) is 0. The van der Waals surface area contributed by atoms with Gasteiger partial charge in [-0.3, -0.25) is 0 Å². The molecular formula is C13H13N5. The van der Waals surface area contributed by atoms with Gasteiger partial charge in [-0.25, -0.2) is 4.98 Å². The highest BCUT2D eigenvalue weighted by atomic mass is 15.3. The maximum absolute atomic E-state index is 6.09. The van der Waals surface area contributed by atoms with Crippen LogP contribution in [0.25, 0.3) is 16.9 Å². The largest absolute Gasteiger partial charge is 0.383 e. The van der Waals surface area contributed by atoms with E-state index in [1.165, 1.54) is 11.9 Å². The van der Waals surface area contributed by atoms with Gasteiger partial charge >= 0.3 is 0 Å². The molecule has 3 aromatic rings. The van der Waals surface area contributed by atoms with Gasteiger partial charge in [-0.2, -0.15) is 14.6 Å². The molecule has 0 fully saturated rings. The minimum Gasteiger partial charge on any atom is -0.383 e. The monoisotopic (exact) mass is 239 g/mol. The van der Waals surface area contributed by atoms with E-state index in [0.717, 1.165) is 17.5 Å². The maximum Gasteiger partial charge on any atom is 0.254 e. The van der Waals surface area contributed by atoms with Crippen molar-refractivity contribution in [1.29, 1.82) is 0 Å². The fraction of sp³-hybridized carbons (Fsp3) is 0.154. The van der Waals surface area contributed by atoms with Crippen molar-refractivity contribution in [1.82, 2.24) is 19.6 Å². The van der Waals surface area contributed by atoms with E-state index < -0.39 is 0 Å². The molecule has 90 valence electrons. The van der Waals surface area contributed by atoms with Crippen LogP contribution in [0, 0.1) is 0 Å². The van der Waals surface area contributed by atoms with Crippen LogP contribution < -0.4 is 5.73 Å². The first-order valence-electron chi connectivity index (χ1n) is 5.83. The Morgan fingerprint density at radius 2 is 1.94 bits per heavy atom. The molecule has 1 aromatic carbocycles. The molecule has 0 amide bonds. The van der Waals surface area contributed by atoms with Crippen LogP contribution in [0.4, 0.5) is 5.82 Å². The first-order chi connectivity index (χ1) is 8.79. The number of anilines is 1. The number of nitrogens with two attached hydrogens (primary N) is 1. The van der Waals surface area contributed by atoms with Crippen molar-refractivity contribution in [2.75, 3.05) is 5.73 Å². The quantitative estimate of drug-likeness (QED) is 0.742. The zero-order valence-corrected chi connectivity index (χ0v) is 10.0. The van der Waals surface area contributed by atoms with Crippen molar-refractivity contribution in [3.63, 3.8) is 0 Å². The molecule has 2 N–H and O–H groups in total. The third-order valence-electron chi connectivity index (χ3n) is 3.02. The van der Waals surface area contributed by atoms with Gasteiger partial charge in [0.15, 0.2) is 0 Å². The van der Waals surface area contributed by atoms with Gasteiger partial charge in [0.1, 0.15) is 12.1 Å². The third-order valence-corrected chi connectivity index (χ3v) is 3.02. The summed E-state index contributed by atoms with van der Waals surface area (Å²) in [5.41, 5.74) is 9.29. The third kappa shape index (κ3) is 1.60. The molecule has 0 spiro atoms. The second-order valence-electron chi connectivity index (χ2n) is 4.08. The molecule has 0 bridgehead atoms. The lowest BCUT2D eigenvalue weighted by molar-refractivity contribution is 0.953. The zero-order chi connectivity index (χ0) is 12.5. The summed E-state index contributed by atoms with van der Waals surface area (Å²) in [6, 6.07) is 8.30. The lowest BCUT2D eigenvalue weighted by atomic mass is 10.1. The van der Waals surface area contributed by atoms with E-state index in [2.05, 4.69) is 46.3 Å². The molecule has 0 atom stereocenters. The summed E-state index contributed by atoms with van der Waals surface area (Å²) in [6.07, 6.45) is 4.21. The number of fused-ring (bicyclic) bond motifs is 1. The Kier molecular flexibility index (Phi) is 2.44. The summed E-state index contributed by atoms with van der Waals surface area (Å²) in [6.45, 7) is 2.13. The standard InChI is InChI=1S/C13H13N5/c1-2-9-3-5-10(6-4-9)11-7-15-13-16-8-17-18(13)12(11)14/h3-8H,2,14H2,1H3. The summed E-state index contributed by atoms with van der Waals surface area (Å²) >= 11 is 0. The molecule has 0 saturated carbocycles. The molecule has 0 aliphatic heterocycles. The predicted octanol–water partition coefficient (Wildman–Crippen LogP) is 1.94.